The van der Waals surface area contributed by atoms with Gasteiger partial charge in [-0.05, 0) is 49.2 Å². The van der Waals surface area contributed by atoms with Crippen molar-refractivity contribution in [1.82, 2.24) is 9.88 Å². The highest BCUT2D eigenvalue weighted by molar-refractivity contribution is 5.96. The van der Waals surface area contributed by atoms with E-state index in [4.69, 9.17) is 0 Å². The van der Waals surface area contributed by atoms with Gasteiger partial charge < -0.3 is 10.2 Å². The van der Waals surface area contributed by atoms with Gasteiger partial charge in [0.05, 0.1) is 23.0 Å². The highest BCUT2D eigenvalue weighted by Crippen LogP contribution is 2.29. The number of nitrogens with one attached hydrogen (secondary N) is 1. The Morgan fingerprint density at radius 2 is 1.68 bits per heavy atom. The Morgan fingerprint density at radius 1 is 1.00 bits per heavy atom. The number of aromatic nitrogens is 1. The molecule has 2 amide bonds. The lowest BCUT2D eigenvalue weighted by Crippen LogP contribution is -2.41. The highest BCUT2D eigenvalue weighted by Gasteiger charge is 2.31. The summed E-state index contributed by atoms with van der Waals surface area (Å²) in [5.74, 6) is -0.701. The summed E-state index contributed by atoms with van der Waals surface area (Å²) < 4.78 is 38.1. The minimum absolute atomic E-state index is 0.126. The number of carbonyl (C=O) groups excluding carboxylic acids is 2. The van der Waals surface area contributed by atoms with Gasteiger partial charge in [0, 0.05) is 30.0 Å². The Morgan fingerprint density at radius 3 is 2.35 bits per heavy atom. The Hall–Kier alpha value is -3.42. The molecule has 1 aromatic heterocycles. The number of likely N-dealkylation sites (tertiary alicyclic amines) is 1. The van der Waals surface area contributed by atoms with Crippen molar-refractivity contribution >= 4 is 28.4 Å². The number of fused-ring (bicyclic) bond motifs is 1. The second kappa shape index (κ2) is 8.37. The number of nitrogens with zero attached hydrogens (tertiary/aromatic N) is 2. The molecule has 0 unspecified atom stereocenters. The molecule has 160 valence electrons. The third-order valence-corrected chi connectivity index (χ3v) is 5.47. The fourth-order valence-electron chi connectivity index (χ4n) is 3.71. The average molecular weight is 427 g/mol. The molecule has 0 bridgehead atoms. The quantitative estimate of drug-likeness (QED) is 0.657. The van der Waals surface area contributed by atoms with Gasteiger partial charge >= 0.3 is 6.18 Å². The molecule has 8 heteroatoms. The van der Waals surface area contributed by atoms with Crippen molar-refractivity contribution in [3.63, 3.8) is 0 Å². The number of pyridine rings is 1. The molecule has 31 heavy (non-hydrogen) atoms. The molecule has 1 fully saturated rings. The molecule has 3 aromatic rings. The molecule has 0 atom stereocenters. The van der Waals surface area contributed by atoms with Crippen LogP contribution in [0.2, 0.25) is 0 Å². The molecular formula is C23H20F3N3O2. The molecule has 2 aromatic carbocycles. The normalized spacial score (nSPS) is 15.1. The summed E-state index contributed by atoms with van der Waals surface area (Å²) in [6, 6.07) is 13.7. The van der Waals surface area contributed by atoms with Crippen molar-refractivity contribution in [1.29, 1.82) is 0 Å². The monoisotopic (exact) mass is 427 g/mol. The molecule has 2 heterocycles. The van der Waals surface area contributed by atoms with Gasteiger partial charge in [0.2, 0.25) is 5.91 Å². The van der Waals surface area contributed by atoms with Crippen LogP contribution in [0.15, 0.2) is 60.8 Å². The van der Waals surface area contributed by atoms with Gasteiger partial charge in [-0.1, -0.05) is 18.2 Å². The smallest absolute Gasteiger partial charge is 0.339 e. The summed E-state index contributed by atoms with van der Waals surface area (Å²) in [4.78, 5) is 31.1. The highest BCUT2D eigenvalue weighted by atomic mass is 19.4. The first-order valence-electron chi connectivity index (χ1n) is 9.93. The molecule has 5 nitrogen and oxygen atoms in total. The zero-order valence-corrected chi connectivity index (χ0v) is 16.5. The van der Waals surface area contributed by atoms with E-state index in [1.54, 1.807) is 11.1 Å². The average Bonchev–Trinajstić information content (AvgIpc) is 2.78. The van der Waals surface area contributed by atoms with Gasteiger partial charge in [0.25, 0.3) is 5.91 Å². The van der Waals surface area contributed by atoms with Crippen molar-refractivity contribution in [2.45, 2.75) is 19.0 Å². The second-order valence-electron chi connectivity index (χ2n) is 7.55. The number of amides is 2. The first-order valence-corrected chi connectivity index (χ1v) is 9.93. The molecule has 0 aliphatic carbocycles. The number of benzene rings is 2. The maximum atomic E-state index is 12.7. The van der Waals surface area contributed by atoms with E-state index < -0.39 is 11.7 Å². The van der Waals surface area contributed by atoms with Crippen LogP contribution in [0.3, 0.4) is 0 Å². The van der Waals surface area contributed by atoms with E-state index in [2.05, 4.69) is 10.3 Å². The molecule has 1 aliphatic heterocycles. The van der Waals surface area contributed by atoms with Crippen molar-refractivity contribution in [3.05, 3.63) is 71.9 Å². The topological polar surface area (TPSA) is 62.3 Å². The van der Waals surface area contributed by atoms with E-state index in [1.807, 2.05) is 30.3 Å². The predicted molar refractivity (Wildman–Crippen MR) is 110 cm³/mol. The zero-order chi connectivity index (χ0) is 22.0. The first-order chi connectivity index (χ1) is 14.8. The number of anilines is 1. The maximum Gasteiger partial charge on any atom is 0.416 e. The molecular weight excluding hydrogens is 407 g/mol. The number of hydrogen-bond donors (Lipinski definition) is 1. The van der Waals surface area contributed by atoms with Crippen LogP contribution in [0, 0.1) is 5.92 Å². The lowest BCUT2D eigenvalue weighted by molar-refractivity contribution is -0.137. The summed E-state index contributed by atoms with van der Waals surface area (Å²) in [5, 5.41) is 3.82. The molecule has 1 N–H and O–H groups in total. The fourth-order valence-corrected chi connectivity index (χ4v) is 3.71. The summed E-state index contributed by atoms with van der Waals surface area (Å²) >= 11 is 0. The van der Waals surface area contributed by atoms with Crippen LogP contribution in [0.1, 0.15) is 28.8 Å². The lowest BCUT2D eigenvalue weighted by atomic mass is 9.95. The summed E-state index contributed by atoms with van der Waals surface area (Å²) in [7, 11) is 0. The number of piperidine rings is 1. The molecule has 0 spiro atoms. The van der Waals surface area contributed by atoms with Crippen LogP contribution in [0.25, 0.3) is 10.9 Å². The number of alkyl halides is 3. The van der Waals surface area contributed by atoms with Crippen molar-refractivity contribution in [2.24, 2.45) is 5.92 Å². The summed E-state index contributed by atoms with van der Waals surface area (Å²) in [6.07, 6.45) is -1.85. The third kappa shape index (κ3) is 4.68. The Balaban J connectivity index is 1.34. The van der Waals surface area contributed by atoms with Crippen LogP contribution in [0.4, 0.5) is 18.9 Å². The Labute approximate surface area is 176 Å². The molecule has 4 rings (SSSR count). The molecule has 0 saturated carbocycles. The van der Waals surface area contributed by atoms with E-state index in [1.165, 1.54) is 12.1 Å². The summed E-state index contributed by atoms with van der Waals surface area (Å²) in [6.45, 7) is 0.738. The van der Waals surface area contributed by atoms with E-state index in [-0.39, 0.29) is 23.3 Å². The van der Waals surface area contributed by atoms with E-state index in [9.17, 15) is 22.8 Å². The number of rotatable bonds is 3. The van der Waals surface area contributed by atoms with Gasteiger partial charge in [-0.25, -0.2) is 0 Å². The van der Waals surface area contributed by atoms with Crippen LogP contribution >= 0.6 is 0 Å². The summed E-state index contributed by atoms with van der Waals surface area (Å²) in [5.41, 5.74) is 0.878. The molecule has 0 radical (unpaired) electrons. The van der Waals surface area contributed by atoms with Gasteiger partial charge in [0.15, 0.2) is 0 Å². The van der Waals surface area contributed by atoms with Gasteiger partial charge in [0.1, 0.15) is 0 Å². The Bertz CT molecular complexity index is 1100. The fraction of sp³-hybridized carbons (Fsp3) is 0.261. The van der Waals surface area contributed by atoms with Gasteiger partial charge in [-0.3, -0.25) is 14.6 Å². The third-order valence-electron chi connectivity index (χ3n) is 5.47. The standard InChI is InChI=1S/C23H20F3N3O2/c24-23(25,26)18-7-5-16(6-8-18)22(31)29-11-9-15(10-12-29)21(30)28-19-13-17-3-1-2-4-20(17)27-14-19/h1-8,13-15H,9-12H2,(H,28,30). The largest absolute Gasteiger partial charge is 0.416 e. The van der Waals surface area contributed by atoms with Crippen LogP contribution < -0.4 is 5.32 Å². The molecule has 1 aliphatic rings. The van der Waals surface area contributed by atoms with Crippen LogP contribution in [-0.2, 0) is 11.0 Å². The number of carbonyl (C=O) groups is 2. The number of hydrogen-bond acceptors (Lipinski definition) is 3. The minimum Gasteiger partial charge on any atom is -0.339 e. The Kier molecular flexibility index (Phi) is 5.63. The number of para-hydroxylation sites is 1. The maximum absolute atomic E-state index is 12.7. The first kappa shape index (κ1) is 20.8. The lowest BCUT2D eigenvalue weighted by Gasteiger charge is -2.31. The van der Waals surface area contributed by atoms with Crippen LogP contribution in [-0.4, -0.2) is 34.8 Å². The number of halogens is 3. The molecule has 1 saturated heterocycles. The predicted octanol–water partition coefficient (Wildman–Crippen LogP) is 4.74. The van der Waals surface area contributed by atoms with Gasteiger partial charge in [-0.2, -0.15) is 13.2 Å². The van der Waals surface area contributed by atoms with Crippen molar-refractivity contribution in [2.75, 3.05) is 18.4 Å². The van der Waals surface area contributed by atoms with Crippen LogP contribution in [0.5, 0.6) is 0 Å². The van der Waals surface area contributed by atoms with E-state index >= 15 is 0 Å². The zero-order valence-electron chi connectivity index (χ0n) is 16.5. The van der Waals surface area contributed by atoms with E-state index in [0.29, 0.717) is 31.6 Å². The minimum atomic E-state index is -4.44. The van der Waals surface area contributed by atoms with E-state index in [0.717, 1.165) is 23.0 Å². The second-order valence-corrected chi connectivity index (χ2v) is 7.55. The SMILES string of the molecule is O=C(Nc1cnc2ccccc2c1)C1CCN(C(=O)c2ccc(C(F)(F)F)cc2)CC1. The van der Waals surface area contributed by atoms with Crippen molar-refractivity contribution in [3.8, 4) is 0 Å². The van der Waals surface area contributed by atoms with Gasteiger partial charge in [-0.15, -0.1) is 0 Å². The van der Waals surface area contributed by atoms with Crippen molar-refractivity contribution < 1.29 is 22.8 Å².